The highest BCUT2D eigenvalue weighted by atomic mass is 19.1. The van der Waals surface area contributed by atoms with E-state index in [2.05, 4.69) is 27.3 Å². The van der Waals surface area contributed by atoms with Crippen LogP contribution < -0.4 is 10.2 Å². The van der Waals surface area contributed by atoms with Crippen molar-refractivity contribution in [1.29, 1.82) is 0 Å². The third-order valence-corrected chi connectivity index (χ3v) is 5.59. The number of carbonyl (C=O) groups excluding carboxylic acids is 1. The maximum Gasteiger partial charge on any atom is 0.227 e. The normalized spacial score (nSPS) is 14.5. The lowest BCUT2D eigenvalue weighted by molar-refractivity contribution is -0.120. The summed E-state index contributed by atoms with van der Waals surface area (Å²) in [5.41, 5.74) is 3.45. The minimum absolute atomic E-state index is 0.00775. The second-order valence-electron chi connectivity index (χ2n) is 7.59. The summed E-state index contributed by atoms with van der Waals surface area (Å²) in [6.45, 7) is 3.61. The molecule has 0 unspecified atom stereocenters. The molecular weight excluding hydrogens is 379 g/mol. The van der Waals surface area contributed by atoms with Gasteiger partial charge >= 0.3 is 0 Å². The highest BCUT2D eigenvalue weighted by Crippen LogP contribution is 2.25. The molecule has 5 nitrogen and oxygen atoms in total. The molecule has 0 bridgehead atoms. The number of aryl methyl sites for hydroxylation is 1. The van der Waals surface area contributed by atoms with Crippen LogP contribution in [0, 0.1) is 11.7 Å². The van der Waals surface area contributed by atoms with Gasteiger partial charge in [0.2, 0.25) is 5.91 Å². The fourth-order valence-corrected chi connectivity index (χ4v) is 3.73. The number of piperidine rings is 1. The predicted molar refractivity (Wildman–Crippen MR) is 117 cm³/mol. The Morgan fingerprint density at radius 2 is 1.83 bits per heavy atom. The summed E-state index contributed by atoms with van der Waals surface area (Å²) in [7, 11) is 0. The van der Waals surface area contributed by atoms with Gasteiger partial charge in [0.15, 0.2) is 5.82 Å². The zero-order valence-electron chi connectivity index (χ0n) is 17.0. The number of amides is 1. The van der Waals surface area contributed by atoms with E-state index in [1.54, 1.807) is 6.07 Å². The molecule has 1 fully saturated rings. The van der Waals surface area contributed by atoms with Crippen molar-refractivity contribution in [1.82, 2.24) is 10.2 Å². The quantitative estimate of drug-likeness (QED) is 0.670. The maximum atomic E-state index is 13.4. The van der Waals surface area contributed by atoms with Gasteiger partial charge in [0, 0.05) is 30.3 Å². The van der Waals surface area contributed by atoms with Crippen molar-refractivity contribution in [2.45, 2.75) is 26.2 Å². The summed E-state index contributed by atoms with van der Waals surface area (Å²) >= 11 is 0. The van der Waals surface area contributed by atoms with E-state index in [1.807, 2.05) is 42.5 Å². The van der Waals surface area contributed by atoms with Crippen LogP contribution in [0.4, 0.5) is 15.9 Å². The molecule has 2 aromatic carbocycles. The van der Waals surface area contributed by atoms with Crippen LogP contribution in [0.2, 0.25) is 0 Å². The van der Waals surface area contributed by atoms with E-state index < -0.39 is 0 Å². The third-order valence-electron chi connectivity index (χ3n) is 5.59. The number of benzene rings is 2. The molecule has 6 heteroatoms. The van der Waals surface area contributed by atoms with Crippen molar-refractivity contribution in [2.24, 2.45) is 5.92 Å². The molecule has 0 spiro atoms. The van der Waals surface area contributed by atoms with Gasteiger partial charge in [-0.3, -0.25) is 4.79 Å². The molecule has 1 aliphatic heterocycles. The summed E-state index contributed by atoms with van der Waals surface area (Å²) in [5, 5.41) is 11.6. The second-order valence-corrected chi connectivity index (χ2v) is 7.59. The highest BCUT2D eigenvalue weighted by Gasteiger charge is 2.26. The van der Waals surface area contributed by atoms with Crippen molar-refractivity contribution < 1.29 is 9.18 Å². The number of hydrogen-bond acceptors (Lipinski definition) is 4. The Kier molecular flexibility index (Phi) is 6.02. The minimum Gasteiger partial charge on any atom is -0.355 e. The van der Waals surface area contributed by atoms with Crippen molar-refractivity contribution in [2.75, 3.05) is 23.3 Å². The number of halogens is 1. The van der Waals surface area contributed by atoms with E-state index in [4.69, 9.17) is 0 Å². The van der Waals surface area contributed by atoms with Gasteiger partial charge in [0.1, 0.15) is 5.82 Å². The molecule has 1 saturated heterocycles. The van der Waals surface area contributed by atoms with Crippen LogP contribution in [-0.4, -0.2) is 29.2 Å². The Balaban J connectivity index is 1.33. The predicted octanol–water partition coefficient (Wildman–Crippen LogP) is 4.70. The van der Waals surface area contributed by atoms with Gasteiger partial charge in [0.05, 0.1) is 5.69 Å². The second kappa shape index (κ2) is 9.03. The topological polar surface area (TPSA) is 58.1 Å². The molecule has 1 amide bonds. The van der Waals surface area contributed by atoms with E-state index in [-0.39, 0.29) is 17.6 Å². The number of nitrogens with zero attached hydrogens (tertiary/aromatic N) is 3. The third kappa shape index (κ3) is 4.64. The van der Waals surface area contributed by atoms with Gasteiger partial charge in [-0.1, -0.05) is 31.2 Å². The first-order valence-corrected chi connectivity index (χ1v) is 10.4. The first-order valence-electron chi connectivity index (χ1n) is 10.4. The first-order chi connectivity index (χ1) is 14.6. The smallest absolute Gasteiger partial charge is 0.227 e. The number of hydrogen-bond donors (Lipinski definition) is 1. The molecule has 0 aliphatic carbocycles. The van der Waals surface area contributed by atoms with Crippen LogP contribution >= 0.6 is 0 Å². The molecule has 3 aromatic rings. The average molecular weight is 404 g/mol. The van der Waals surface area contributed by atoms with Crippen LogP contribution in [0.1, 0.15) is 25.3 Å². The highest BCUT2D eigenvalue weighted by molar-refractivity contribution is 5.92. The van der Waals surface area contributed by atoms with Crippen molar-refractivity contribution >= 4 is 17.4 Å². The number of anilines is 2. The van der Waals surface area contributed by atoms with Crippen LogP contribution in [0.25, 0.3) is 11.3 Å². The van der Waals surface area contributed by atoms with E-state index in [0.717, 1.165) is 43.9 Å². The summed E-state index contributed by atoms with van der Waals surface area (Å²) in [4.78, 5) is 14.7. The molecule has 1 aliphatic rings. The lowest BCUT2D eigenvalue weighted by atomic mass is 9.95. The van der Waals surface area contributed by atoms with Crippen LogP contribution in [0.5, 0.6) is 0 Å². The zero-order chi connectivity index (χ0) is 20.9. The zero-order valence-corrected chi connectivity index (χ0v) is 17.0. The Labute approximate surface area is 176 Å². The maximum absolute atomic E-state index is 13.4. The lowest BCUT2D eigenvalue weighted by Crippen LogP contribution is -2.38. The number of rotatable bonds is 5. The van der Waals surface area contributed by atoms with Crippen molar-refractivity contribution in [3.8, 4) is 11.3 Å². The summed E-state index contributed by atoms with van der Waals surface area (Å²) in [6.07, 6.45) is 2.53. The average Bonchev–Trinajstić information content (AvgIpc) is 2.80. The molecule has 0 saturated carbocycles. The van der Waals surface area contributed by atoms with E-state index in [9.17, 15) is 9.18 Å². The molecule has 2 heterocycles. The fraction of sp³-hybridized carbons (Fsp3) is 0.292. The number of nitrogens with one attached hydrogen (secondary N) is 1. The molecule has 1 aromatic heterocycles. The summed E-state index contributed by atoms with van der Waals surface area (Å²) in [5.74, 6) is 0.558. The molecular formula is C24H25FN4O. The minimum atomic E-state index is -0.292. The SMILES string of the molecule is CCc1ccc(NC(=O)C2CCN(c3ccc(-c4cccc(F)c4)nn3)CC2)cc1. The molecule has 0 atom stereocenters. The number of aromatic nitrogens is 2. The van der Waals surface area contributed by atoms with Gasteiger partial charge in [0.25, 0.3) is 0 Å². The number of carbonyl (C=O) groups is 1. The molecule has 154 valence electrons. The van der Waals surface area contributed by atoms with Crippen LogP contribution in [0.15, 0.2) is 60.7 Å². The van der Waals surface area contributed by atoms with E-state index in [1.165, 1.54) is 17.7 Å². The Hall–Kier alpha value is -3.28. The van der Waals surface area contributed by atoms with Crippen LogP contribution in [0.3, 0.4) is 0 Å². The van der Waals surface area contributed by atoms with Gasteiger partial charge in [-0.2, -0.15) is 0 Å². The standard InChI is InChI=1S/C24H25FN4O/c1-2-17-6-8-21(9-7-17)26-24(30)18-12-14-29(15-13-18)23-11-10-22(27-28-23)19-4-3-5-20(25)16-19/h3-11,16,18H,2,12-15H2,1H3,(H,26,30). The van der Waals surface area contributed by atoms with E-state index >= 15 is 0 Å². The van der Waals surface area contributed by atoms with Crippen molar-refractivity contribution in [3.05, 3.63) is 72.0 Å². The largest absolute Gasteiger partial charge is 0.355 e. The van der Waals surface area contributed by atoms with Crippen molar-refractivity contribution in [3.63, 3.8) is 0 Å². The Morgan fingerprint density at radius 3 is 2.47 bits per heavy atom. The van der Waals surface area contributed by atoms with Gasteiger partial charge in [-0.05, 0) is 61.2 Å². The Morgan fingerprint density at radius 1 is 1.07 bits per heavy atom. The van der Waals surface area contributed by atoms with Gasteiger partial charge in [-0.25, -0.2) is 4.39 Å². The monoisotopic (exact) mass is 404 g/mol. The summed E-state index contributed by atoms with van der Waals surface area (Å²) < 4.78 is 13.4. The van der Waals surface area contributed by atoms with E-state index in [0.29, 0.717) is 11.3 Å². The fourth-order valence-electron chi connectivity index (χ4n) is 3.73. The first kappa shape index (κ1) is 20.0. The molecule has 0 radical (unpaired) electrons. The van der Waals surface area contributed by atoms with Gasteiger partial charge < -0.3 is 10.2 Å². The summed E-state index contributed by atoms with van der Waals surface area (Å²) in [6, 6.07) is 18.1. The molecule has 1 N–H and O–H groups in total. The van der Waals surface area contributed by atoms with Crippen LogP contribution in [-0.2, 0) is 11.2 Å². The Bertz CT molecular complexity index is 996. The lowest BCUT2D eigenvalue weighted by Gasteiger charge is -2.31. The molecule has 4 rings (SSSR count). The molecule has 30 heavy (non-hydrogen) atoms. The van der Waals surface area contributed by atoms with Gasteiger partial charge in [-0.15, -0.1) is 10.2 Å².